The molecule has 1 saturated heterocycles. The third kappa shape index (κ3) is 1.82. The Morgan fingerprint density at radius 3 is 2.67 bits per heavy atom. The average Bonchev–Trinajstić information content (AvgIpc) is 2.17. The van der Waals surface area contributed by atoms with Crippen LogP contribution in [0, 0.1) is 34.0 Å². The summed E-state index contributed by atoms with van der Waals surface area (Å²) in [6.45, 7) is 1.79. The van der Waals surface area contributed by atoms with Crippen molar-refractivity contribution in [1.29, 1.82) is 10.5 Å². The second-order valence-corrected chi connectivity index (χ2v) is 3.70. The predicted octanol–water partition coefficient (Wildman–Crippen LogP) is 0.483. The molecule has 2 atom stereocenters. The molecule has 2 amide bonds. The van der Waals surface area contributed by atoms with Crippen molar-refractivity contribution in [2.45, 2.75) is 26.2 Å². The molecule has 5 nitrogen and oxygen atoms in total. The second kappa shape index (κ2) is 4.10. The molecule has 0 aromatic heterocycles. The molecule has 0 saturated carbocycles. The highest BCUT2D eigenvalue weighted by Crippen LogP contribution is 2.40. The molecule has 1 rings (SSSR count). The van der Waals surface area contributed by atoms with Crippen LogP contribution >= 0.6 is 0 Å². The number of hydrogen-bond acceptors (Lipinski definition) is 4. The quantitative estimate of drug-likeness (QED) is 0.663. The average molecular weight is 205 g/mol. The van der Waals surface area contributed by atoms with E-state index in [1.165, 1.54) is 0 Å². The first-order valence-corrected chi connectivity index (χ1v) is 4.70. The van der Waals surface area contributed by atoms with E-state index in [0.717, 1.165) is 0 Å². The molecule has 0 aromatic carbocycles. The molecule has 0 aliphatic carbocycles. The summed E-state index contributed by atoms with van der Waals surface area (Å²) in [7, 11) is 0. The molecule has 15 heavy (non-hydrogen) atoms. The summed E-state index contributed by atoms with van der Waals surface area (Å²) in [5.41, 5.74) is -0.803. The van der Waals surface area contributed by atoms with E-state index in [4.69, 9.17) is 10.5 Å². The number of carbonyl (C=O) groups excluding carboxylic acids is 2. The Morgan fingerprint density at radius 1 is 1.53 bits per heavy atom. The van der Waals surface area contributed by atoms with Gasteiger partial charge in [0.25, 0.3) is 0 Å². The van der Waals surface area contributed by atoms with Gasteiger partial charge in [0.2, 0.25) is 11.8 Å². The summed E-state index contributed by atoms with van der Waals surface area (Å²) in [4.78, 5) is 22.7. The summed E-state index contributed by atoms with van der Waals surface area (Å²) in [6, 6.07) is 3.84. The lowest BCUT2D eigenvalue weighted by Crippen LogP contribution is -2.51. The molecule has 1 fully saturated rings. The zero-order valence-corrected chi connectivity index (χ0v) is 8.41. The van der Waals surface area contributed by atoms with Gasteiger partial charge < -0.3 is 0 Å². The van der Waals surface area contributed by atoms with Crippen molar-refractivity contribution >= 4 is 11.8 Å². The van der Waals surface area contributed by atoms with Crippen LogP contribution in [-0.4, -0.2) is 11.8 Å². The Morgan fingerprint density at radius 2 is 2.20 bits per heavy atom. The second-order valence-electron chi connectivity index (χ2n) is 3.70. The van der Waals surface area contributed by atoms with Gasteiger partial charge in [-0.2, -0.15) is 10.5 Å². The van der Waals surface area contributed by atoms with Crippen LogP contribution in [0.15, 0.2) is 0 Å². The van der Waals surface area contributed by atoms with Gasteiger partial charge >= 0.3 is 0 Å². The Labute approximate surface area is 87.7 Å². The van der Waals surface area contributed by atoms with Gasteiger partial charge in [-0.15, -0.1) is 0 Å². The summed E-state index contributed by atoms with van der Waals surface area (Å²) in [5.74, 6) is -1.88. The number of rotatable bonds is 2. The molecule has 0 bridgehead atoms. The van der Waals surface area contributed by atoms with Crippen LogP contribution in [0.3, 0.4) is 0 Å². The molecule has 5 heteroatoms. The zero-order valence-electron chi connectivity index (χ0n) is 8.41. The fraction of sp³-hybridized carbons (Fsp3) is 0.600. The van der Waals surface area contributed by atoms with Crippen LogP contribution in [0.25, 0.3) is 0 Å². The minimum Gasteiger partial charge on any atom is -0.295 e. The van der Waals surface area contributed by atoms with Gasteiger partial charge in [0.1, 0.15) is 5.92 Å². The highest BCUT2D eigenvalue weighted by molar-refractivity contribution is 6.00. The highest BCUT2D eigenvalue weighted by Gasteiger charge is 2.47. The first-order valence-electron chi connectivity index (χ1n) is 4.70. The van der Waals surface area contributed by atoms with Gasteiger partial charge in [-0.25, -0.2) is 0 Å². The van der Waals surface area contributed by atoms with Crippen LogP contribution in [0.2, 0.25) is 0 Å². The van der Waals surface area contributed by atoms with Gasteiger partial charge in [-0.3, -0.25) is 14.9 Å². The zero-order chi connectivity index (χ0) is 11.5. The summed E-state index contributed by atoms with van der Waals surface area (Å²) < 4.78 is 0. The van der Waals surface area contributed by atoms with Crippen LogP contribution in [0.1, 0.15) is 26.2 Å². The number of carbonyl (C=O) groups is 2. The molecule has 1 aliphatic heterocycles. The van der Waals surface area contributed by atoms with Crippen LogP contribution < -0.4 is 5.32 Å². The Bertz CT molecular complexity index is 377. The Hall–Kier alpha value is -1.88. The standard InChI is InChI=1S/C10H11N3O2/c1-2-10(3-4-11)5-8(14)13-9(15)7(10)6-12/h7H,2-3,5H2,1H3,(H,13,14,15). The van der Waals surface area contributed by atoms with E-state index in [2.05, 4.69) is 5.32 Å². The molecule has 1 heterocycles. The first-order chi connectivity index (χ1) is 7.09. The van der Waals surface area contributed by atoms with Crippen molar-refractivity contribution in [2.75, 3.05) is 0 Å². The monoisotopic (exact) mass is 205 g/mol. The number of imide groups is 1. The van der Waals surface area contributed by atoms with Gasteiger partial charge in [-0.05, 0) is 6.42 Å². The van der Waals surface area contributed by atoms with Crippen molar-refractivity contribution in [1.82, 2.24) is 5.32 Å². The molecule has 1 N–H and O–H groups in total. The topological polar surface area (TPSA) is 93.8 Å². The maximum absolute atomic E-state index is 11.4. The molecular weight excluding hydrogens is 194 g/mol. The van der Waals surface area contributed by atoms with E-state index in [0.29, 0.717) is 6.42 Å². The van der Waals surface area contributed by atoms with Gasteiger partial charge in [0, 0.05) is 18.3 Å². The van der Waals surface area contributed by atoms with Crippen molar-refractivity contribution in [3.8, 4) is 12.1 Å². The maximum atomic E-state index is 11.4. The van der Waals surface area contributed by atoms with Crippen LogP contribution in [0.4, 0.5) is 0 Å². The molecule has 0 radical (unpaired) electrons. The highest BCUT2D eigenvalue weighted by atomic mass is 16.2. The third-order valence-corrected chi connectivity index (χ3v) is 2.91. The molecule has 0 aromatic rings. The predicted molar refractivity (Wildman–Crippen MR) is 49.8 cm³/mol. The lowest BCUT2D eigenvalue weighted by Gasteiger charge is -2.36. The number of hydrogen-bond donors (Lipinski definition) is 1. The van der Waals surface area contributed by atoms with E-state index < -0.39 is 23.1 Å². The van der Waals surface area contributed by atoms with Gasteiger partial charge in [0.15, 0.2) is 0 Å². The smallest absolute Gasteiger partial charge is 0.244 e. The van der Waals surface area contributed by atoms with Crippen LogP contribution in [0.5, 0.6) is 0 Å². The molecule has 78 valence electrons. The number of nitrogens with one attached hydrogen (secondary N) is 1. The number of amides is 2. The van der Waals surface area contributed by atoms with E-state index in [9.17, 15) is 9.59 Å². The Balaban J connectivity index is 3.10. The van der Waals surface area contributed by atoms with E-state index >= 15 is 0 Å². The largest absolute Gasteiger partial charge is 0.295 e. The summed E-state index contributed by atoms with van der Waals surface area (Å²) in [5, 5.41) is 19.7. The fourth-order valence-electron chi connectivity index (χ4n) is 1.93. The van der Waals surface area contributed by atoms with Crippen molar-refractivity contribution in [3.63, 3.8) is 0 Å². The lowest BCUT2D eigenvalue weighted by atomic mass is 9.67. The summed E-state index contributed by atoms with van der Waals surface area (Å²) in [6.07, 6.45) is 0.597. The number of nitriles is 2. The van der Waals surface area contributed by atoms with Crippen molar-refractivity contribution in [2.24, 2.45) is 11.3 Å². The molecule has 2 unspecified atom stereocenters. The van der Waals surface area contributed by atoms with Crippen molar-refractivity contribution < 1.29 is 9.59 Å². The van der Waals surface area contributed by atoms with E-state index in [-0.39, 0.29) is 12.8 Å². The minimum atomic E-state index is -0.903. The Kier molecular flexibility index (Phi) is 3.06. The molecule has 1 aliphatic rings. The molecular formula is C10H11N3O2. The SMILES string of the molecule is CCC1(CC#N)CC(=O)NC(=O)C1C#N. The van der Waals surface area contributed by atoms with Gasteiger partial charge in [0.05, 0.1) is 12.1 Å². The summed E-state index contributed by atoms with van der Waals surface area (Å²) >= 11 is 0. The van der Waals surface area contributed by atoms with Crippen molar-refractivity contribution in [3.05, 3.63) is 0 Å². The van der Waals surface area contributed by atoms with E-state index in [1.54, 1.807) is 6.92 Å². The van der Waals surface area contributed by atoms with Crippen LogP contribution in [-0.2, 0) is 9.59 Å². The minimum absolute atomic E-state index is 0.0564. The normalized spacial score (nSPS) is 30.2. The number of piperidine rings is 1. The maximum Gasteiger partial charge on any atom is 0.244 e. The van der Waals surface area contributed by atoms with E-state index in [1.807, 2.05) is 12.1 Å². The lowest BCUT2D eigenvalue weighted by molar-refractivity contribution is -0.141. The first kappa shape index (κ1) is 11.2. The number of nitrogens with zero attached hydrogens (tertiary/aromatic N) is 2. The third-order valence-electron chi connectivity index (χ3n) is 2.91. The van der Waals surface area contributed by atoms with Gasteiger partial charge in [-0.1, -0.05) is 6.92 Å². The molecule has 0 spiro atoms. The fourth-order valence-corrected chi connectivity index (χ4v) is 1.93.